The van der Waals surface area contributed by atoms with Crippen molar-refractivity contribution >= 4 is 41.5 Å². The van der Waals surface area contributed by atoms with Gasteiger partial charge in [0.2, 0.25) is 0 Å². The molecule has 1 aliphatic rings. The van der Waals surface area contributed by atoms with E-state index in [1.54, 1.807) is 0 Å². The number of guanidine groups is 1. The van der Waals surface area contributed by atoms with Gasteiger partial charge in [0.05, 0.1) is 30.5 Å². The van der Waals surface area contributed by atoms with Crippen LogP contribution in [0.4, 0.5) is 0 Å². The van der Waals surface area contributed by atoms with Crippen molar-refractivity contribution in [3.8, 4) is 5.69 Å². The first-order valence-electron chi connectivity index (χ1n) is 8.56. The van der Waals surface area contributed by atoms with Gasteiger partial charge in [-0.05, 0) is 35.9 Å². The Balaban J connectivity index is 0.00000210. The summed E-state index contributed by atoms with van der Waals surface area (Å²) in [5.74, 6) is 0.888. The van der Waals surface area contributed by atoms with E-state index in [1.807, 2.05) is 78.6 Å². The molecule has 1 atom stereocenters. The predicted molar refractivity (Wildman–Crippen MR) is 120 cm³/mol. The van der Waals surface area contributed by atoms with Crippen molar-refractivity contribution in [1.82, 2.24) is 20.0 Å². The van der Waals surface area contributed by atoms with Gasteiger partial charge >= 0.3 is 0 Å². The van der Waals surface area contributed by atoms with Crippen molar-refractivity contribution in [3.63, 3.8) is 0 Å². The van der Waals surface area contributed by atoms with Gasteiger partial charge in [-0.3, -0.25) is 4.99 Å². The maximum Gasteiger partial charge on any atom is 0.194 e. The zero-order chi connectivity index (χ0) is 17.9. The van der Waals surface area contributed by atoms with Crippen LogP contribution >= 0.6 is 35.6 Å². The molecule has 27 heavy (non-hydrogen) atoms. The number of nitrogens with zero attached hydrogens (tertiary/aromatic N) is 4. The molecule has 7 heteroatoms. The summed E-state index contributed by atoms with van der Waals surface area (Å²) in [7, 11) is 2.03. The van der Waals surface area contributed by atoms with Crippen LogP contribution in [0.1, 0.15) is 17.3 Å². The Kier molecular flexibility index (Phi) is 6.38. The lowest BCUT2D eigenvalue weighted by molar-refractivity contribution is 0.471. The van der Waals surface area contributed by atoms with E-state index >= 15 is 0 Å². The molecule has 1 aliphatic heterocycles. The van der Waals surface area contributed by atoms with E-state index in [0.717, 1.165) is 28.9 Å². The van der Waals surface area contributed by atoms with E-state index in [1.165, 1.54) is 5.56 Å². The number of rotatable bonds is 4. The van der Waals surface area contributed by atoms with E-state index in [0.29, 0.717) is 6.54 Å². The van der Waals surface area contributed by atoms with E-state index in [2.05, 4.69) is 20.3 Å². The van der Waals surface area contributed by atoms with Crippen LogP contribution in [0.15, 0.2) is 71.9 Å². The minimum atomic E-state index is 0. The highest BCUT2D eigenvalue weighted by Gasteiger charge is 2.22. The molecule has 0 aliphatic carbocycles. The van der Waals surface area contributed by atoms with Crippen molar-refractivity contribution in [2.45, 2.75) is 12.6 Å². The second-order valence-electron chi connectivity index (χ2n) is 6.36. The average molecular weight is 494 g/mol. The summed E-state index contributed by atoms with van der Waals surface area (Å²) in [5, 5.41) is 8.89. The van der Waals surface area contributed by atoms with Crippen molar-refractivity contribution < 1.29 is 0 Å². The fourth-order valence-electron chi connectivity index (χ4n) is 3.03. The molecular weight excluding hydrogens is 473 g/mol. The summed E-state index contributed by atoms with van der Waals surface area (Å²) in [6, 6.07) is 20.2. The quantitative estimate of drug-likeness (QED) is 0.552. The van der Waals surface area contributed by atoms with Gasteiger partial charge in [0.25, 0.3) is 0 Å². The van der Waals surface area contributed by atoms with Crippen LogP contribution < -0.4 is 5.32 Å². The van der Waals surface area contributed by atoms with Gasteiger partial charge in [0.1, 0.15) is 0 Å². The topological polar surface area (TPSA) is 45.5 Å². The highest BCUT2D eigenvalue weighted by Crippen LogP contribution is 2.20. The second kappa shape index (κ2) is 8.75. The average Bonchev–Trinajstić information content (AvgIpc) is 3.33. The summed E-state index contributed by atoms with van der Waals surface area (Å²) >= 11 is 5.97. The van der Waals surface area contributed by atoms with Crippen LogP contribution in [0.25, 0.3) is 5.69 Å². The molecule has 0 radical (unpaired) electrons. The number of nitrogens with one attached hydrogen (secondary N) is 1. The molecule has 1 N–H and O–H groups in total. The monoisotopic (exact) mass is 493 g/mol. The summed E-state index contributed by atoms with van der Waals surface area (Å²) in [6.45, 7) is 1.42. The largest absolute Gasteiger partial charge is 0.348 e. The van der Waals surface area contributed by atoms with E-state index < -0.39 is 0 Å². The SMILES string of the molecule is CN(Cc1ccn(-c2ccccc2)n1)C1=NCC(c2ccc(Cl)cc2)N1.I. The van der Waals surface area contributed by atoms with Crippen LogP contribution in [-0.4, -0.2) is 34.2 Å². The zero-order valence-electron chi connectivity index (χ0n) is 14.9. The minimum Gasteiger partial charge on any atom is -0.348 e. The lowest BCUT2D eigenvalue weighted by atomic mass is 10.1. The Hall–Kier alpha value is -2.06. The molecular formula is C20H21ClIN5. The molecule has 3 aromatic rings. The fraction of sp³-hybridized carbons (Fsp3) is 0.200. The summed E-state index contributed by atoms with van der Waals surface area (Å²) in [6.07, 6.45) is 1.99. The van der Waals surface area contributed by atoms with Crippen LogP contribution in [0.3, 0.4) is 0 Å². The molecule has 0 bridgehead atoms. The molecule has 1 unspecified atom stereocenters. The molecule has 0 saturated heterocycles. The number of hydrogen-bond donors (Lipinski definition) is 1. The third kappa shape index (κ3) is 4.62. The normalized spacial score (nSPS) is 15.6. The van der Waals surface area contributed by atoms with Gasteiger partial charge < -0.3 is 10.2 Å². The van der Waals surface area contributed by atoms with Gasteiger partial charge in [-0.25, -0.2) is 4.68 Å². The molecule has 140 valence electrons. The highest BCUT2D eigenvalue weighted by atomic mass is 127. The van der Waals surface area contributed by atoms with Crippen LogP contribution in [0, 0.1) is 0 Å². The molecule has 2 aromatic carbocycles. The van der Waals surface area contributed by atoms with Crippen LogP contribution in [-0.2, 0) is 6.54 Å². The Morgan fingerprint density at radius 2 is 1.85 bits per heavy atom. The first-order valence-corrected chi connectivity index (χ1v) is 8.94. The standard InChI is InChI=1S/C20H20ClN5.HI/c1-25(14-17-11-12-26(24-17)18-5-3-2-4-6-18)20-22-13-19(23-20)15-7-9-16(21)10-8-15;/h2-12,19H,13-14H2,1H3,(H,22,23);1H. The molecule has 2 heterocycles. The van der Waals surface area contributed by atoms with E-state index in [9.17, 15) is 0 Å². The number of halogens is 2. The van der Waals surface area contributed by atoms with Gasteiger partial charge in [0.15, 0.2) is 5.96 Å². The Bertz CT molecular complexity index is 908. The zero-order valence-corrected chi connectivity index (χ0v) is 18.0. The van der Waals surface area contributed by atoms with Gasteiger partial charge in [-0.2, -0.15) is 5.10 Å². The smallest absolute Gasteiger partial charge is 0.194 e. The van der Waals surface area contributed by atoms with E-state index in [-0.39, 0.29) is 30.0 Å². The molecule has 1 aromatic heterocycles. The van der Waals surface area contributed by atoms with Crippen molar-refractivity contribution in [3.05, 3.63) is 83.1 Å². The second-order valence-corrected chi connectivity index (χ2v) is 6.79. The van der Waals surface area contributed by atoms with Crippen LogP contribution in [0.5, 0.6) is 0 Å². The van der Waals surface area contributed by atoms with Crippen molar-refractivity contribution in [1.29, 1.82) is 0 Å². The third-order valence-electron chi connectivity index (χ3n) is 4.43. The maximum atomic E-state index is 5.97. The first kappa shape index (κ1) is 19.7. The summed E-state index contributed by atoms with van der Waals surface area (Å²) in [4.78, 5) is 6.73. The summed E-state index contributed by atoms with van der Waals surface area (Å²) in [5.41, 5.74) is 3.24. The number of para-hydroxylation sites is 1. The third-order valence-corrected chi connectivity index (χ3v) is 4.68. The van der Waals surface area contributed by atoms with Crippen LogP contribution in [0.2, 0.25) is 5.02 Å². The molecule has 5 nitrogen and oxygen atoms in total. The lowest BCUT2D eigenvalue weighted by Gasteiger charge is -2.20. The molecule has 4 rings (SSSR count). The predicted octanol–water partition coefficient (Wildman–Crippen LogP) is 4.28. The summed E-state index contributed by atoms with van der Waals surface area (Å²) < 4.78 is 1.89. The fourth-order valence-corrected chi connectivity index (χ4v) is 3.15. The lowest BCUT2D eigenvalue weighted by Crippen LogP contribution is -2.36. The van der Waals surface area contributed by atoms with Crippen molar-refractivity contribution in [2.24, 2.45) is 4.99 Å². The van der Waals surface area contributed by atoms with Gasteiger partial charge in [-0.1, -0.05) is 41.9 Å². The van der Waals surface area contributed by atoms with Gasteiger partial charge in [0, 0.05) is 18.3 Å². The highest BCUT2D eigenvalue weighted by molar-refractivity contribution is 14.0. The molecule has 0 saturated carbocycles. The maximum absolute atomic E-state index is 5.97. The van der Waals surface area contributed by atoms with Crippen molar-refractivity contribution in [2.75, 3.05) is 13.6 Å². The number of benzene rings is 2. The van der Waals surface area contributed by atoms with Gasteiger partial charge in [-0.15, -0.1) is 24.0 Å². The van der Waals surface area contributed by atoms with E-state index in [4.69, 9.17) is 11.6 Å². The Morgan fingerprint density at radius 3 is 2.59 bits per heavy atom. The Labute approximate surface area is 181 Å². The first-order chi connectivity index (χ1) is 12.7. The Morgan fingerprint density at radius 1 is 1.11 bits per heavy atom. The number of aliphatic imine (C=N–C) groups is 1. The molecule has 0 spiro atoms. The minimum absolute atomic E-state index is 0. The number of hydrogen-bond acceptors (Lipinski definition) is 4. The number of aromatic nitrogens is 2. The molecule has 0 amide bonds. The molecule has 0 fully saturated rings.